The van der Waals surface area contributed by atoms with Crippen LogP contribution in [-0.4, -0.2) is 13.0 Å². The molecule has 1 aromatic carbocycles. The first-order valence-electron chi connectivity index (χ1n) is 6.10. The lowest BCUT2D eigenvalue weighted by molar-refractivity contribution is -0.143. The molecule has 1 rings (SSSR count). The van der Waals surface area contributed by atoms with Gasteiger partial charge in [0.2, 0.25) is 7.28 Å². The summed E-state index contributed by atoms with van der Waals surface area (Å²) in [6, 6.07) is 1.38. The van der Waals surface area contributed by atoms with Crippen molar-refractivity contribution in [3.8, 4) is 0 Å². The lowest BCUT2D eigenvalue weighted by atomic mass is 9.57. The normalized spacial score (nSPS) is 13.9. The quantitative estimate of drug-likeness (QED) is 0.594. The van der Waals surface area contributed by atoms with Crippen LogP contribution < -0.4 is 0 Å². The number of carbonyl (C=O) groups is 1. The van der Waals surface area contributed by atoms with Crippen molar-refractivity contribution in [2.45, 2.75) is 38.4 Å². The van der Waals surface area contributed by atoms with Gasteiger partial charge in [0.05, 0.1) is 16.8 Å². The minimum absolute atomic E-state index is 0.0734. The van der Waals surface area contributed by atoms with Crippen LogP contribution in [0.25, 0.3) is 0 Å². The molecule has 0 N–H and O–H groups in total. The van der Waals surface area contributed by atoms with Gasteiger partial charge in [-0.25, -0.2) is 0 Å². The van der Waals surface area contributed by atoms with Crippen LogP contribution in [-0.2, 0) is 17.1 Å². The molecule has 0 aliphatic rings. The van der Waals surface area contributed by atoms with Crippen molar-refractivity contribution in [1.82, 2.24) is 0 Å². The zero-order valence-corrected chi connectivity index (χ0v) is 11.3. The van der Waals surface area contributed by atoms with Gasteiger partial charge in [-0.3, -0.25) is 0 Å². The van der Waals surface area contributed by atoms with Crippen molar-refractivity contribution >= 4 is 13.0 Å². The first-order valence-corrected chi connectivity index (χ1v) is 6.10. The fourth-order valence-corrected chi connectivity index (χ4v) is 1.93. The molecular formula is C13H12BF6O. The topological polar surface area (TPSA) is 17.1 Å². The number of rotatable bonds is 4. The second-order valence-corrected chi connectivity index (χ2v) is 4.63. The molecule has 1 atom stereocenters. The molecule has 115 valence electrons. The summed E-state index contributed by atoms with van der Waals surface area (Å²) in [7, 11) is 1.12. The molecule has 0 aromatic heterocycles. The molecule has 1 aromatic rings. The fraction of sp³-hybridized carbons (Fsp3) is 0.462. The van der Waals surface area contributed by atoms with Crippen molar-refractivity contribution in [1.29, 1.82) is 0 Å². The molecule has 0 saturated heterocycles. The van der Waals surface area contributed by atoms with Gasteiger partial charge in [0.25, 0.3) is 0 Å². The molecule has 0 spiro atoms. The van der Waals surface area contributed by atoms with E-state index in [1.165, 1.54) is 6.92 Å². The Labute approximate surface area is 118 Å². The second kappa shape index (κ2) is 6.11. The van der Waals surface area contributed by atoms with Crippen LogP contribution in [0.3, 0.4) is 0 Å². The number of halogens is 6. The van der Waals surface area contributed by atoms with Crippen molar-refractivity contribution in [2.75, 3.05) is 0 Å². The van der Waals surface area contributed by atoms with Crippen LogP contribution in [0.15, 0.2) is 18.2 Å². The lowest BCUT2D eigenvalue weighted by Gasteiger charge is -2.18. The molecule has 8 heteroatoms. The first-order chi connectivity index (χ1) is 9.45. The van der Waals surface area contributed by atoms with E-state index < -0.39 is 35.0 Å². The third-order valence-electron chi connectivity index (χ3n) is 2.91. The number of hydrogen-bond acceptors (Lipinski definition) is 1. The largest absolute Gasteiger partial charge is 0.416 e. The van der Waals surface area contributed by atoms with Crippen molar-refractivity contribution in [2.24, 2.45) is 0 Å². The molecule has 1 nitrogen and oxygen atoms in total. The number of carbonyl (C=O) groups excluding carboxylic acids is 1. The van der Waals surface area contributed by atoms with Crippen LogP contribution in [0.2, 0.25) is 0 Å². The monoisotopic (exact) mass is 309 g/mol. The second-order valence-electron chi connectivity index (χ2n) is 4.63. The molecule has 0 aliphatic heterocycles. The summed E-state index contributed by atoms with van der Waals surface area (Å²) in [4.78, 5) is 11.1. The SMILES string of the molecule is CCC([B]C(C)=O)c1cc(C(F)(F)F)cc(C(F)(F)F)c1. The summed E-state index contributed by atoms with van der Waals surface area (Å²) in [5.74, 6) is -0.786. The van der Waals surface area contributed by atoms with E-state index in [9.17, 15) is 31.1 Å². The van der Waals surface area contributed by atoms with Crippen molar-refractivity contribution in [3.63, 3.8) is 0 Å². The maximum absolute atomic E-state index is 12.7. The van der Waals surface area contributed by atoms with Gasteiger partial charge in [-0.05, 0) is 30.9 Å². The number of benzene rings is 1. The van der Waals surface area contributed by atoms with Crippen LogP contribution in [0.1, 0.15) is 42.8 Å². The molecule has 1 radical (unpaired) electrons. The van der Waals surface area contributed by atoms with Crippen molar-refractivity contribution < 1.29 is 31.1 Å². The molecule has 0 bridgehead atoms. The van der Waals surface area contributed by atoms with Crippen molar-refractivity contribution in [3.05, 3.63) is 34.9 Å². The van der Waals surface area contributed by atoms with E-state index >= 15 is 0 Å². The maximum atomic E-state index is 12.7. The third-order valence-corrected chi connectivity index (χ3v) is 2.91. The molecule has 0 fully saturated rings. The molecule has 1 unspecified atom stereocenters. The fourth-order valence-electron chi connectivity index (χ4n) is 1.93. The van der Waals surface area contributed by atoms with Gasteiger partial charge in [-0.15, -0.1) is 0 Å². The van der Waals surface area contributed by atoms with Gasteiger partial charge in [0.1, 0.15) is 0 Å². The minimum Gasteiger partial charge on any atom is -0.312 e. The van der Waals surface area contributed by atoms with Gasteiger partial charge >= 0.3 is 12.4 Å². The summed E-state index contributed by atoms with van der Waals surface area (Å²) in [5.41, 5.74) is -3.33. The Balaban J connectivity index is 3.40. The average Bonchev–Trinajstić information content (AvgIpc) is 2.33. The van der Waals surface area contributed by atoms with Crippen LogP contribution >= 0.6 is 0 Å². The van der Waals surface area contributed by atoms with E-state index in [4.69, 9.17) is 0 Å². The number of alkyl halides is 6. The Morgan fingerprint density at radius 1 is 1.05 bits per heavy atom. The first kappa shape index (κ1) is 17.6. The lowest BCUT2D eigenvalue weighted by Crippen LogP contribution is -2.18. The van der Waals surface area contributed by atoms with Gasteiger partial charge in [-0.2, -0.15) is 26.3 Å². The molecule has 0 heterocycles. The molecular weight excluding hydrogens is 297 g/mol. The highest BCUT2D eigenvalue weighted by molar-refractivity contribution is 6.74. The highest BCUT2D eigenvalue weighted by Crippen LogP contribution is 2.38. The van der Waals surface area contributed by atoms with E-state index in [-0.39, 0.29) is 18.1 Å². The highest BCUT2D eigenvalue weighted by Gasteiger charge is 2.37. The summed E-state index contributed by atoms with van der Waals surface area (Å²) in [6.07, 6.45) is -9.55. The summed E-state index contributed by atoms with van der Waals surface area (Å²) in [6.45, 7) is 2.78. The van der Waals surface area contributed by atoms with E-state index in [0.717, 1.165) is 7.28 Å². The Morgan fingerprint density at radius 2 is 1.48 bits per heavy atom. The third kappa shape index (κ3) is 4.79. The average molecular weight is 309 g/mol. The van der Waals surface area contributed by atoms with E-state index in [2.05, 4.69) is 0 Å². The van der Waals surface area contributed by atoms with Crippen LogP contribution in [0.4, 0.5) is 26.3 Å². The highest BCUT2D eigenvalue weighted by atomic mass is 19.4. The Kier molecular flexibility index (Phi) is 5.12. The molecule has 0 amide bonds. The summed E-state index contributed by atoms with van der Waals surface area (Å²) < 4.78 is 76.3. The van der Waals surface area contributed by atoms with E-state index in [1.54, 1.807) is 6.92 Å². The molecule has 0 saturated carbocycles. The molecule has 21 heavy (non-hydrogen) atoms. The zero-order chi connectivity index (χ0) is 16.4. The van der Waals surface area contributed by atoms with Gasteiger partial charge < -0.3 is 4.79 Å². The Bertz CT molecular complexity index is 488. The van der Waals surface area contributed by atoms with Gasteiger partial charge in [0, 0.05) is 0 Å². The maximum Gasteiger partial charge on any atom is 0.416 e. The van der Waals surface area contributed by atoms with Gasteiger partial charge in [0.15, 0.2) is 0 Å². The predicted octanol–water partition coefficient (Wildman–Crippen LogP) is 4.43. The van der Waals surface area contributed by atoms with Gasteiger partial charge in [-0.1, -0.05) is 18.9 Å². The van der Waals surface area contributed by atoms with Crippen LogP contribution in [0.5, 0.6) is 0 Å². The Morgan fingerprint density at radius 3 is 1.76 bits per heavy atom. The van der Waals surface area contributed by atoms with Crippen LogP contribution in [0, 0.1) is 0 Å². The van der Waals surface area contributed by atoms with E-state index in [0.29, 0.717) is 12.1 Å². The summed E-state index contributed by atoms with van der Waals surface area (Å²) >= 11 is 0. The zero-order valence-electron chi connectivity index (χ0n) is 11.3. The standard InChI is InChI=1S/C13H12BF6O/c1-3-11(14-7(2)21)8-4-9(12(15,16)17)6-10(5-8)13(18,19)20/h4-6,11H,3H2,1-2H3. The minimum atomic E-state index is -4.88. The van der Waals surface area contributed by atoms with E-state index in [1.807, 2.05) is 0 Å². The summed E-state index contributed by atoms with van der Waals surface area (Å²) in [5, 5.41) is 0. The Hall–Kier alpha value is -1.47. The smallest absolute Gasteiger partial charge is 0.312 e. The predicted molar refractivity (Wildman–Crippen MR) is 65.9 cm³/mol. The number of hydrogen-bond donors (Lipinski definition) is 0. The molecule has 0 aliphatic carbocycles.